The molecule has 4 N–H and O–H groups in total. The normalized spacial score (nSPS) is 13.0. The number of phenols is 4. The van der Waals surface area contributed by atoms with Crippen LogP contribution in [0.15, 0.2) is 115 Å². The lowest BCUT2D eigenvalue weighted by Crippen LogP contribution is -2.20. The molecule has 7 rings (SSSR count). The molecule has 0 amide bonds. The predicted molar refractivity (Wildman–Crippen MR) is 203 cm³/mol. The maximum Gasteiger partial charge on any atom is 0.204 e. The lowest BCUT2D eigenvalue weighted by molar-refractivity contribution is 0.345. The average Bonchev–Trinajstić information content (AvgIpc) is 3.10. The summed E-state index contributed by atoms with van der Waals surface area (Å²) in [6, 6.07) is 28.2. The van der Waals surface area contributed by atoms with Gasteiger partial charge in [0.25, 0.3) is 0 Å². The third-order valence-corrected chi connectivity index (χ3v) is 10.6. The number of phenolic OH excluding ortho intramolecular Hbond substituents is 4. The van der Waals surface area contributed by atoms with Gasteiger partial charge >= 0.3 is 0 Å². The molecule has 0 aromatic heterocycles. The fraction of sp³-hybridized carbons (Fsp3) is 0.156. The van der Waals surface area contributed by atoms with Crippen LogP contribution in [0.1, 0.15) is 48.6 Å². The van der Waals surface area contributed by atoms with Crippen molar-refractivity contribution in [2.45, 2.75) is 46.5 Å². The van der Waals surface area contributed by atoms with E-state index >= 15 is 0 Å². The number of aryl methyl sites for hydroxylation is 1. The van der Waals surface area contributed by atoms with Crippen molar-refractivity contribution in [3.63, 3.8) is 0 Å². The van der Waals surface area contributed by atoms with Crippen LogP contribution >= 0.6 is 0 Å². The summed E-state index contributed by atoms with van der Waals surface area (Å²) in [4.78, 5) is 0. The Labute approximate surface area is 287 Å². The Morgan fingerprint density at radius 2 is 1.41 bits per heavy atom. The van der Waals surface area contributed by atoms with Crippen LogP contribution < -0.4 is 0 Å². The molecule has 1 aliphatic carbocycles. The average molecular weight is 645 g/mol. The van der Waals surface area contributed by atoms with E-state index in [1.54, 1.807) is 13.0 Å². The second-order valence-electron chi connectivity index (χ2n) is 13.8. The molecule has 0 heterocycles. The summed E-state index contributed by atoms with van der Waals surface area (Å²) in [6.07, 6.45) is 8.71. The zero-order chi connectivity index (χ0) is 34.8. The molecule has 0 saturated heterocycles. The van der Waals surface area contributed by atoms with Gasteiger partial charge in [-0.05, 0) is 117 Å². The van der Waals surface area contributed by atoms with Crippen LogP contribution in [0.3, 0.4) is 0 Å². The van der Waals surface area contributed by atoms with Crippen LogP contribution in [0.4, 0.5) is 0 Å². The minimum absolute atomic E-state index is 0.149. The number of rotatable bonds is 6. The number of aromatic hydroxyl groups is 4. The van der Waals surface area contributed by atoms with E-state index in [1.165, 1.54) is 38.6 Å². The van der Waals surface area contributed by atoms with Gasteiger partial charge in [0.2, 0.25) is 11.5 Å². The summed E-state index contributed by atoms with van der Waals surface area (Å²) in [5.74, 6) is -2.37. The summed E-state index contributed by atoms with van der Waals surface area (Å²) < 4.78 is 0. The van der Waals surface area contributed by atoms with Crippen molar-refractivity contribution in [2.24, 2.45) is 0 Å². The summed E-state index contributed by atoms with van der Waals surface area (Å²) in [5.41, 5.74) is 11.9. The molecule has 49 heavy (non-hydrogen) atoms. The largest absolute Gasteiger partial charge is 0.504 e. The van der Waals surface area contributed by atoms with Crippen LogP contribution in [-0.2, 0) is 11.8 Å². The molecule has 4 heteroatoms. The molecule has 0 bridgehead atoms. The van der Waals surface area contributed by atoms with Gasteiger partial charge in [0, 0.05) is 16.5 Å². The van der Waals surface area contributed by atoms with E-state index < -0.39 is 23.0 Å². The number of hydrogen-bond acceptors (Lipinski definition) is 4. The van der Waals surface area contributed by atoms with E-state index in [0.29, 0.717) is 16.7 Å². The SMILES string of the molecule is C=C/C=C\C=C(/C)C(C)(C)c1cc2cc(-c3ccc4c(c3)-c3cccc5c(-c6c(C)c(O)c(O)c(O)c6O)ccc(c35)C4)ccc2cc1C. The van der Waals surface area contributed by atoms with Crippen LogP contribution in [0.5, 0.6) is 23.0 Å². The highest BCUT2D eigenvalue weighted by Gasteiger charge is 2.27. The summed E-state index contributed by atoms with van der Waals surface area (Å²) >= 11 is 0. The van der Waals surface area contributed by atoms with E-state index in [9.17, 15) is 20.4 Å². The van der Waals surface area contributed by atoms with Crippen molar-refractivity contribution in [1.29, 1.82) is 0 Å². The second kappa shape index (κ2) is 11.7. The maximum atomic E-state index is 10.9. The fourth-order valence-corrected chi connectivity index (χ4v) is 7.55. The van der Waals surface area contributed by atoms with Gasteiger partial charge in [-0.2, -0.15) is 0 Å². The Morgan fingerprint density at radius 3 is 2.18 bits per heavy atom. The standard InChI is InChI=1S/C45H40O4/c1-7-8-9-11-26(3)45(5,6)38-24-33-21-29(15-14-28(33)20-25(38)2)30-16-17-31-22-32-18-19-36(34-12-10-13-35(40(32)34)37(31)23-30)39-27(4)41(46)43(48)44(49)42(39)47/h7-21,23-24,46-49H,1,22H2,2-6H3/b9-8-,26-11+. The van der Waals surface area contributed by atoms with Gasteiger partial charge in [0.15, 0.2) is 11.5 Å². The topological polar surface area (TPSA) is 80.9 Å². The van der Waals surface area contributed by atoms with Crippen LogP contribution in [0.25, 0.3) is 54.9 Å². The highest BCUT2D eigenvalue weighted by Crippen LogP contribution is 2.53. The number of hydrogen-bond donors (Lipinski definition) is 4. The first-order valence-electron chi connectivity index (χ1n) is 16.6. The van der Waals surface area contributed by atoms with E-state index in [0.717, 1.165) is 39.4 Å². The highest BCUT2D eigenvalue weighted by atomic mass is 16.3. The number of fused-ring (bicyclic) bond motifs is 3. The molecule has 244 valence electrons. The van der Waals surface area contributed by atoms with E-state index in [-0.39, 0.29) is 5.41 Å². The van der Waals surface area contributed by atoms with Gasteiger partial charge in [-0.1, -0.05) is 111 Å². The molecule has 0 unspecified atom stereocenters. The zero-order valence-corrected chi connectivity index (χ0v) is 28.5. The van der Waals surface area contributed by atoms with Crippen molar-refractivity contribution >= 4 is 21.5 Å². The predicted octanol–water partition coefficient (Wildman–Crippen LogP) is 11.3. The molecule has 6 aromatic rings. The van der Waals surface area contributed by atoms with Gasteiger partial charge in [-0.25, -0.2) is 0 Å². The van der Waals surface area contributed by atoms with Crippen LogP contribution in [0, 0.1) is 13.8 Å². The molecule has 6 aromatic carbocycles. The van der Waals surface area contributed by atoms with Crippen molar-refractivity contribution in [2.75, 3.05) is 0 Å². The highest BCUT2D eigenvalue weighted by molar-refractivity contribution is 6.09. The van der Waals surface area contributed by atoms with Gasteiger partial charge in [-0.15, -0.1) is 0 Å². The molecule has 0 fully saturated rings. The first-order valence-corrected chi connectivity index (χ1v) is 16.6. The van der Waals surface area contributed by atoms with Crippen molar-refractivity contribution in [1.82, 2.24) is 0 Å². The summed E-state index contributed by atoms with van der Waals surface area (Å²) in [5, 5.41) is 46.4. The Kier molecular flexibility index (Phi) is 7.63. The maximum absolute atomic E-state index is 10.9. The third-order valence-electron chi connectivity index (χ3n) is 10.6. The van der Waals surface area contributed by atoms with Gasteiger partial charge in [0.05, 0.1) is 0 Å². The summed E-state index contributed by atoms with van der Waals surface area (Å²) in [6.45, 7) is 14.3. The fourth-order valence-electron chi connectivity index (χ4n) is 7.55. The first-order chi connectivity index (χ1) is 23.4. The molecule has 4 nitrogen and oxygen atoms in total. The van der Waals surface area contributed by atoms with Crippen molar-refractivity contribution in [3.05, 3.63) is 143 Å². The lowest BCUT2D eigenvalue weighted by Gasteiger charge is -2.29. The molecular formula is C45H40O4. The van der Waals surface area contributed by atoms with E-state index in [2.05, 4.69) is 101 Å². The monoisotopic (exact) mass is 644 g/mol. The number of benzene rings is 6. The molecule has 0 radical (unpaired) electrons. The van der Waals surface area contributed by atoms with Crippen LogP contribution in [0.2, 0.25) is 0 Å². The Bertz CT molecular complexity index is 2390. The minimum Gasteiger partial charge on any atom is -0.504 e. The second-order valence-corrected chi connectivity index (χ2v) is 13.8. The van der Waals surface area contributed by atoms with Crippen LogP contribution in [-0.4, -0.2) is 20.4 Å². The molecule has 0 saturated carbocycles. The molecule has 1 aliphatic rings. The minimum atomic E-state index is -0.734. The zero-order valence-electron chi connectivity index (χ0n) is 28.5. The van der Waals surface area contributed by atoms with E-state index in [1.807, 2.05) is 30.4 Å². The summed E-state index contributed by atoms with van der Waals surface area (Å²) in [7, 11) is 0. The molecule has 0 spiro atoms. The lowest BCUT2D eigenvalue weighted by atomic mass is 9.75. The Hall–Kier alpha value is -5.74. The third kappa shape index (κ3) is 5.07. The number of allylic oxidation sites excluding steroid dienone is 5. The molecule has 0 aliphatic heterocycles. The Morgan fingerprint density at radius 1 is 0.694 bits per heavy atom. The van der Waals surface area contributed by atoms with E-state index in [4.69, 9.17) is 0 Å². The molecular weight excluding hydrogens is 604 g/mol. The van der Waals surface area contributed by atoms with Gasteiger partial charge in [-0.3, -0.25) is 0 Å². The van der Waals surface area contributed by atoms with Crippen molar-refractivity contribution < 1.29 is 20.4 Å². The first kappa shape index (κ1) is 31.8. The van der Waals surface area contributed by atoms with Gasteiger partial charge < -0.3 is 20.4 Å². The van der Waals surface area contributed by atoms with Gasteiger partial charge in [0.1, 0.15) is 0 Å². The quantitative estimate of drug-likeness (QED) is 0.0825. The molecule has 0 atom stereocenters. The smallest absolute Gasteiger partial charge is 0.204 e. The van der Waals surface area contributed by atoms with Crippen molar-refractivity contribution in [3.8, 4) is 56.4 Å². The Balaban J connectivity index is 1.35.